The lowest BCUT2D eigenvalue weighted by atomic mass is 9.88. The highest BCUT2D eigenvalue weighted by Crippen LogP contribution is 2.25. The maximum Gasteiger partial charge on any atom is 0.275 e. The van der Waals surface area contributed by atoms with E-state index in [-0.39, 0.29) is 23.2 Å². The van der Waals surface area contributed by atoms with Crippen molar-refractivity contribution in [1.82, 2.24) is 19.5 Å². The highest BCUT2D eigenvalue weighted by molar-refractivity contribution is 5.98. The van der Waals surface area contributed by atoms with Crippen molar-refractivity contribution in [1.29, 1.82) is 0 Å². The van der Waals surface area contributed by atoms with Crippen LogP contribution in [0.15, 0.2) is 35.1 Å². The summed E-state index contributed by atoms with van der Waals surface area (Å²) in [6, 6.07) is 9.13. The molecule has 1 saturated heterocycles. The van der Waals surface area contributed by atoms with Gasteiger partial charge in [-0.15, -0.1) is 0 Å². The Hall–Kier alpha value is -3.42. The lowest BCUT2D eigenvalue weighted by molar-refractivity contribution is -0.132. The molecule has 174 valence electrons. The van der Waals surface area contributed by atoms with Gasteiger partial charge in [0.15, 0.2) is 5.78 Å². The summed E-state index contributed by atoms with van der Waals surface area (Å²) in [5.74, 6) is 1.52. The molecule has 3 heterocycles. The van der Waals surface area contributed by atoms with E-state index in [4.69, 9.17) is 4.74 Å². The zero-order chi connectivity index (χ0) is 23.5. The summed E-state index contributed by atoms with van der Waals surface area (Å²) in [6.45, 7) is 5.01. The van der Waals surface area contributed by atoms with Crippen molar-refractivity contribution >= 4 is 17.2 Å². The van der Waals surface area contributed by atoms with Crippen LogP contribution in [0.4, 0.5) is 0 Å². The number of amides is 1. The second kappa shape index (κ2) is 9.60. The van der Waals surface area contributed by atoms with Crippen molar-refractivity contribution in [2.24, 2.45) is 5.92 Å². The lowest BCUT2D eigenvalue weighted by Crippen LogP contribution is -2.40. The molecule has 2 aromatic heterocycles. The van der Waals surface area contributed by atoms with Crippen molar-refractivity contribution in [3.8, 4) is 5.75 Å². The average molecular weight is 451 g/mol. The molecule has 3 aromatic rings. The first-order valence-electron chi connectivity index (χ1n) is 11.4. The van der Waals surface area contributed by atoms with Gasteiger partial charge in [-0.1, -0.05) is 0 Å². The number of aryl methyl sites for hydroxylation is 3. The number of fused-ring (bicyclic) bond motifs is 1. The first-order valence-corrected chi connectivity index (χ1v) is 11.4. The molecule has 0 atom stereocenters. The van der Waals surface area contributed by atoms with Crippen LogP contribution in [0.25, 0.3) is 5.52 Å². The fraction of sp³-hybridized carbons (Fsp3) is 0.440. The lowest BCUT2D eigenvalue weighted by Gasteiger charge is -2.31. The topological polar surface area (TPSA) is 96.8 Å². The number of rotatable bonds is 7. The second-order valence-electron chi connectivity index (χ2n) is 8.73. The summed E-state index contributed by atoms with van der Waals surface area (Å²) in [5, 5.41) is 4.47. The van der Waals surface area contributed by atoms with Gasteiger partial charge in [0, 0.05) is 43.1 Å². The van der Waals surface area contributed by atoms with Gasteiger partial charge >= 0.3 is 0 Å². The number of nitrogens with one attached hydrogen (secondary N) is 1. The van der Waals surface area contributed by atoms with Gasteiger partial charge in [-0.25, -0.2) is 4.52 Å². The van der Waals surface area contributed by atoms with Crippen LogP contribution in [0.2, 0.25) is 0 Å². The Morgan fingerprint density at radius 2 is 1.91 bits per heavy atom. The van der Waals surface area contributed by atoms with Crippen molar-refractivity contribution in [2.45, 2.75) is 46.0 Å². The predicted octanol–water partition coefficient (Wildman–Crippen LogP) is 3.09. The number of carbonyl (C=O) groups is 2. The van der Waals surface area contributed by atoms with Crippen LogP contribution in [-0.2, 0) is 11.2 Å². The molecular weight excluding hydrogens is 420 g/mol. The number of carbonyl (C=O) groups excluding carboxylic acids is 2. The molecule has 0 aliphatic carbocycles. The zero-order valence-electron chi connectivity index (χ0n) is 19.4. The quantitative estimate of drug-likeness (QED) is 0.558. The zero-order valence-corrected chi connectivity index (χ0v) is 19.4. The number of ether oxygens (including phenoxy) is 1. The van der Waals surface area contributed by atoms with Gasteiger partial charge < -0.3 is 14.6 Å². The number of aromatic amines is 1. The molecule has 1 aromatic carbocycles. The normalized spacial score (nSPS) is 14.6. The predicted molar refractivity (Wildman–Crippen MR) is 125 cm³/mol. The van der Waals surface area contributed by atoms with Gasteiger partial charge in [0.2, 0.25) is 5.91 Å². The average Bonchev–Trinajstić information content (AvgIpc) is 3.19. The summed E-state index contributed by atoms with van der Waals surface area (Å²) in [6.07, 6.45) is 2.88. The third-order valence-electron chi connectivity index (χ3n) is 6.46. The Balaban J connectivity index is 1.27. The van der Waals surface area contributed by atoms with Crippen LogP contribution in [-0.4, -0.2) is 51.4 Å². The van der Waals surface area contributed by atoms with Gasteiger partial charge in [-0.05, 0) is 69.0 Å². The standard InChI is InChI=1S/C25H30N4O4/c1-16-15-19(8-10-21(16)33-3)24(31)18-11-13-28(14-12-18)23(30)6-4-5-22-26-25(32)20-9-7-17(2)29(20)27-22/h7-10,15,18H,4-6,11-14H2,1-3H3,(H,26,27,32). The maximum atomic E-state index is 12.9. The Labute approximate surface area is 192 Å². The Morgan fingerprint density at radius 3 is 2.61 bits per heavy atom. The first-order chi connectivity index (χ1) is 15.9. The number of ketones is 1. The number of aromatic nitrogens is 3. The number of likely N-dealkylation sites (tertiary alicyclic amines) is 1. The van der Waals surface area contributed by atoms with Crippen LogP contribution < -0.4 is 10.3 Å². The number of Topliss-reactive ketones (excluding diaryl/α,β-unsaturated/α-hetero) is 1. The summed E-state index contributed by atoms with van der Waals surface area (Å²) >= 11 is 0. The minimum atomic E-state index is -0.168. The molecule has 4 rings (SSSR count). The second-order valence-corrected chi connectivity index (χ2v) is 8.73. The molecule has 1 aliphatic heterocycles. The molecule has 1 N–H and O–H groups in total. The molecule has 0 bridgehead atoms. The van der Waals surface area contributed by atoms with E-state index >= 15 is 0 Å². The number of benzene rings is 1. The fourth-order valence-corrected chi connectivity index (χ4v) is 4.51. The van der Waals surface area contributed by atoms with E-state index in [1.54, 1.807) is 17.7 Å². The Morgan fingerprint density at radius 1 is 1.15 bits per heavy atom. The molecule has 0 saturated carbocycles. The minimum absolute atomic E-state index is 0.0624. The SMILES string of the molecule is COc1ccc(C(=O)C2CCN(C(=O)CCCc3nn4c(C)ccc4c(=O)[nH]3)CC2)cc1C. The Bertz CT molecular complexity index is 1230. The molecule has 0 spiro atoms. The van der Waals surface area contributed by atoms with E-state index in [0.717, 1.165) is 17.0 Å². The molecule has 33 heavy (non-hydrogen) atoms. The smallest absolute Gasteiger partial charge is 0.275 e. The van der Waals surface area contributed by atoms with Crippen LogP contribution >= 0.6 is 0 Å². The van der Waals surface area contributed by atoms with Crippen LogP contribution in [0, 0.1) is 19.8 Å². The van der Waals surface area contributed by atoms with Crippen LogP contribution in [0.3, 0.4) is 0 Å². The molecular formula is C25H30N4O4. The summed E-state index contributed by atoms with van der Waals surface area (Å²) in [7, 11) is 1.62. The van der Waals surface area contributed by atoms with E-state index in [2.05, 4.69) is 10.1 Å². The van der Waals surface area contributed by atoms with Crippen molar-refractivity contribution < 1.29 is 14.3 Å². The molecule has 1 fully saturated rings. The number of nitrogens with zero attached hydrogens (tertiary/aromatic N) is 3. The van der Waals surface area contributed by atoms with Crippen molar-refractivity contribution in [3.05, 3.63) is 63.3 Å². The summed E-state index contributed by atoms with van der Waals surface area (Å²) in [5.41, 5.74) is 2.90. The number of H-pyrrole nitrogens is 1. The third-order valence-corrected chi connectivity index (χ3v) is 6.46. The minimum Gasteiger partial charge on any atom is -0.496 e. The van der Waals surface area contributed by atoms with E-state index in [1.165, 1.54) is 0 Å². The molecule has 0 radical (unpaired) electrons. The van der Waals surface area contributed by atoms with Crippen molar-refractivity contribution in [2.75, 3.05) is 20.2 Å². The monoisotopic (exact) mass is 450 g/mol. The Kier molecular flexibility index (Phi) is 6.62. The first kappa shape index (κ1) is 22.8. The van der Waals surface area contributed by atoms with Gasteiger partial charge in [-0.3, -0.25) is 14.4 Å². The van der Waals surface area contributed by atoms with Gasteiger partial charge in [0.05, 0.1) is 7.11 Å². The van der Waals surface area contributed by atoms with E-state index in [9.17, 15) is 14.4 Å². The maximum absolute atomic E-state index is 12.9. The molecule has 1 aliphatic rings. The summed E-state index contributed by atoms with van der Waals surface area (Å²) in [4.78, 5) is 42.4. The van der Waals surface area contributed by atoms with Crippen molar-refractivity contribution in [3.63, 3.8) is 0 Å². The fourth-order valence-electron chi connectivity index (χ4n) is 4.51. The van der Waals surface area contributed by atoms with Gasteiger partial charge in [0.1, 0.15) is 17.1 Å². The van der Waals surface area contributed by atoms with Crippen LogP contribution in [0.1, 0.15) is 53.1 Å². The number of piperidine rings is 1. The van der Waals surface area contributed by atoms with E-state index in [1.807, 2.05) is 43.0 Å². The van der Waals surface area contributed by atoms with Crippen LogP contribution in [0.5, 0.6) is 5.75 Å². The highest BCUT2D eigenvalue weighted by Gasteiger charge is 2.28. The van der Waals surface area contributed by atoms with Gasteiger partial charge in [-0.2, -0.15) is 5.10 Å². The van der Waals surface area contributed by atoms with E-state index < -0.39 is 0 Å². The molecule has 0 unspecified atom stereocenters. The van der Waals surface area contributed by atoms with Gasteiger partial charge in [0.25, 0.3) is 5.56 Å². The summed E-state index contributed by atoms with van der Waals surface area (Å²) < 4.78 is 6.92. The molecule has 8 heteroatoms. The number of hydrogen-bond acceptors (Lipinski definition) is 5. The largest absolute Gasteiger partial charge is 0.496 e. The molecule has 1 amide bonds. The third kappa shape index (κ3) is 4.84. The highest BCUT2D eigenvalue weighted by atomic mass is 16.5. The molecule has 8 nitrogen and oxygen atoms in total. The van der Waals surface area contributed by atoms with E-state index in [0.29, 0.717) is 62.1 Å². The number of hydrogen-bond donors (Lipinski definition) is 1. The number of methoxy groups -OCH3 is 1.